The molecule has 0 aromatic heterocycles. The van der Waals surface area contributed by atoms with E-state index in [-0.39, 0.29) is 29.5 Å². The first-order valence-electron chi connectivity index (χ1n) is 12.6. The summed E-state index contributed by atoms with van der Waals surface area (Å²) in [7, 11) is 0. The van der Waals surface area contributed by atoms with Crippen LogP contribution in [-0.4, -0.2) is 44.5 Å². The third-order valence-corrected chi connectivity index (χ3v) is 6.58. The molecular formula is C32H36O5S. The van der Waals surface area contributed by atoms with Crippen molar-refractivity contribution in [3.63, 3.8) is 0 Å². The lowest BCUT2D eigenvalue weighted by Crippen LogP contribution is -2.53. The minimum atomic E-state index is -1.93. The number of hydrogen-bond acceptors (Lipinski definition) is 6. The number of aliphatic hydroxyl groups is 2. The number of carbonyl (C=O) groups excluding carboxylic acids is 1. The Kier molecular flexibility index (Phi) is 11.1. The van der Waals surface area contributed by atoms with Crippen molar-refractivity contribution < 1.29 is 24.5 Å². The monoisotopic (exact) mass is 532 g/mol. The summed E-state index contributed by atoms with van der Waals surface area (Å²) in [6.07, 6.45) is -2.35. The number of ether oxygens (including phenoxy) is 2. The predicted octanol–water partition coefficient (Wildman–Crippen LogP) is 5.38. The molecule has 3 atom stereocenters. The van der Waals surface area contributed by atoms with Gasteiger partial charge in [0.2, 0.25) is 0 Å². The van der Waals surface area contributed by atoms with E-state index in [4.69, 9.17) is 9.47 Å². The maximum atomic E-state index is 13.1. The second-order valence-electron chi connectivity index (χ2n) is 10.0. The van der Waals surface area contributed by atoms with Gasteiger partial charge in [0.25, 0.3) is 0 Å². The quantitative estimate of drug-likeness (QED) is 0.323. The second kappa shape index (κ2) is 14.3. The van der Waals surface area contributed by atoms with Crippen LogP contribution >= 0.6 is 11.8 Å². The van der Waals surface area contributed by atoms with Gasteiger partial charge in [0.1, 0.15) is 12.2 Å². The van der Waals surface area contributed by atoms with Crippen LogP contribution in [-0.2, 0) is 27.5 Å². The third kappa shape index (κ3) is 9.75. The molecule has 0 aliphatic rings. The van der Waals surface area contributed by atoms with Gasteiger partial charge in [-0.25, -0.2) is 0 Å². The molecule has 0 bridgehead atoms. The number of carbonyl (C=O) groups is 1. The average molecular weight is 533 g/mol. The predicted molar refractivity (Wildman–Crippen MR) is 152 cm³/mol. The molecule has 0 aliphatic heterocycles. The number of aliphatic hydroxyl groups excluding tert-OH is 1. The van der Waals surface area contributed by atoms with E-state index in [0.717, 1.165) is 22.9 Å². The van der Waals surface area contributed by atoms with Gasteiger partial charge in [-0.15, -0.1) is 0 Å². The number of benzene rings is 3. The van der Waals surface area contributed by atoms with Crippen molar-refractivity contribution in [2.24, 2.45) is 0 Å². The zero-order chi connectivity index (χ0) is 27.4. The Balaban J connectivity index is 1.97. The van der Waals surface area contributed by atoms with Gasteiger partial charge in [-0.2, -0.15) is 0 Å². The molecule has 0 fully saturated rings. The number of hydrogen-bond donors (Lipinski definition) is 2. The van der Waals surface area contributed by atoms with Crippen LogP contribution in [0.15, 0.2) is 91.0 Å². The molecule has 38 heavy (non-hydrogen) atoms. The maximum Gasteiger partial charge on any atom is 0.193 e. The molecule has 0 amide bonds. The van der Waals surface area contributed by atoms with Crippen LogP contribution in [0.1, 0.15) is 43.9 Å². The summed E-state index contributed by atoms with van der Waals surface area (Å²) in [5.74, 6) is 5.94. The highest BCUT2D eigenvalue weighted by atomic mass is 32.2. The molecule has 3 aromatic carbocycles. The Bertz CT molecular complexity index is 1180. The fourth-order valence-electron chi connectivity index (χ4n) is 3.84. The summed E-state index contributed by atoms with van der Waals surface area (Å²) in [5, 5.41) is 22.2. The molecule has 0 unspecified atom stereocenters. The Morgan fingerprint density at radius 3 is 1.84 bits per heavy atom. The summed E-state index contributed by atoms with van der Waals surface area (Å²) < 4.78 is 12.0. The van der Waals surface area contributed by atoms with Crippen LogP contribution in [0.3, 0.4) is 0 Å². The Morgan fingerprint density at radius 2 is 1.34 bits per heavy atom. The maximum absolute atomic E-state index is 13.1. The van der Waals surface area contributed by atoms with Gasteiger partial charge in [-0.1, -0.05) is 123 Å². The molecule has 0 spiro atoms. The van der Waals surface area contributed by atoms with E-state index in [1.54, 1.807) is 0 Å². The molecule has 0 aliphatic carbocycles. The Morgan fingerprint density at radius 1 is 0.842 bits per heavy atom. The molecule has 3 rings (SSSR count). The van der Waals surface area contributed by atoms with Crippen LogP contribution in [0.2, 0.25) is 0 Å². The van der Waals surface area contributed by atoms with Gasteiger partial charge in [0.05, 0.1) is 26.2 Å². The van der Waals surface area contributed by atoms with Crippen molar-refractivity contribution in [1.82, 2.24) is 0 Å². The standard InChI is InChI=1S/C32H36O5S/c1-31(2,3)38-29(34)21-32(35,20-19-25-13-7-4-8-14-25)30(37-24-27-17-11-6-12-18-27)28(22-33)36-23-26-15-9-5-10-16-26/h4-18,28,30,33,35H,21-24H2,1-3H3/t28-,30+,32-/m1/s1. The zero-order valence-electron chi connectivity index (χ0n) is 22.2. The van der Waals surface area contributed by atoms with Crippen molar-refractivity contribution in [1.29, 1.82) is 0 Å². The van der Waals surface area contributed by atoms with E-state index in [1.165, 1.54) is 0 Å². The first-order chi connectivity index (χ1) is 18.2. The van der Waals surface area contributed by atoms with Crippen LogP contribution in [0.5, 0.6) is 0 Å². The Hall–Kier alpha value is -2.92. The van der Waals surface area contributed by atoms with E-state index < -0.39 is 24.4 Å². The molecule has 2 N–H and O–H groups in total. The fourth-order valence-corrected chi connectivity index (χ4v) is 4.82. The molecular weight excluding hydrogens is 496 g/mol. The molecule has 6 heteroatoms. The summed E-state index contributed by atoms with van der Waals surface area (Å²) >= 11 is 1.14. The summed E-state index contributed by atoms with van der Waals surface area (Å²) in [6, 6.07) is 28.3. The lowest BCUT2D eigenvalue weighted by atomic mass is 9.89. The highest BCUT2D eigenvalue weighted by Crippen LogP contribution is 2.32. The molecule has 3 aromatic rings. The van der Waals surface area contributed by atoms with Crippen molar-refractivity contribution in [3.05, 3.63) is 108 Å². The second-order valence-corrected chi connectivity index (χ2v) is 11.9. The van der Waals surface area contributed by atoms with E-state index in [9.17, 15) is 15.0 Å². The van der Waals surface area contributed by atoms with Gasteiger partial charge in [-0.05, 0) is 23.3 Å². The molecule has 0 radical (unpaired) electrons. The van der Waals surface area contributed by atoms with Crippen LogP contribution < -0.4 is 0 Å². The highest BCUT2D eigenvalue weighted by molar-refractivity contribution is 8.14. The Labute approximate surface area is 230 Å². The van der Waals surface area contributed by atoms with Gasteiger partial charge < -0.3 is 19.7 Å². The van der Waals surface area contributed by atoms with Crippen LogP contribution in [0.4, 0.5) is 0 Å². The lowest BCUT2D eigenvalue weighted by molar-refractivity contribution is -0.169. The fraction of sp³-hybridized carbons (Fsp3) is 0.344. The topological polar surface area (TPSA) is 76.0 Å². The normalized spacial score (nSPS) is 14.6. The van der Waals surface area contributed by atoms with E-state index in [2.05, 4.69) is 11.8 Å². The van der Waals surface area contributed by atoms with E-state index in [0.29, 0.717) is 5.56 Å². The first-order valence-corrected chi connectivity index (χ1v) is 13.4. The zero-order valence-corrected chi connectivity index (χ0v) is 23.0. The summed E-state index contributed by atoms with van der Waals surface area (Å²) in [5.41, 5.74) is 0.552. The molecule has 200 valence electrons. The van der Waals surface area contributed by atoms with Crippen molar-refractivity contribution >= 4 is 16.9 Å². The van der Waals surface area contributed by atoms with Gasteiger partial charge in [0, 0.05) is 10.3 Å². The van der Waals surface area contributed by atoms with Crippen molar-refractivity contribution in [3.8, 4) is 11.8 Å². The van der Waals surface area contributed by atoms with Crippen molar-refractivity contribution in [2.45, 2.75) is 63.0 Å². The summed E-state index contributed by atoms with van der Waals surface area (Å²) in [6.45, 7) is 5.73. The average Bonchev–Trinajstić information content (AvgIpc) is 2.90. The highest BCUT2D eigenvalue weighted by Gasteiger charge is 2.44. The van der Waals surface area contributed by atoms with Crippen molar-refractivity contribution in [2.75, 3.05) is 6.61 Å². The minimum absolute atomic E-state index is 0.145. The van der Waals surface area contributed by atoms with Gasteiger partial charge in [-0.3, -0.25) is 4.79 Å². The SMILES string of the molecule is CC(C)(C)SC(=O)C[C@](O)(C#Cc1ccccc1)[C@@H](OCc1ccccc1)[C@@H](CO)OCc1ccccc1. The van der Waals surface area contributed by atoms with Crippen LogP contribution in [0.25, 0.3) is 0 Å². The molecule has 0 saturated heterocycles. The molecule has 5 nitrogen and oxygen atoms in total. The minimum Gasteiger partial charge on any atom is -0.394 e. The molecule has 0 saturated carbocycles. The third-order valence-electron chi connectivity index (χ3n) is 5.60. The number of rotatable bonds is 11. The lowest BCUT2D eigenvalue weighted by Gasteiger charge is -2.36. The van der Waals surface area contributed by atoms with E-state index >= 15 is 0 Å². The number of thioether (sulfide) groups is 1. The largest absolute Gasteiger partial charge is 0.394 e. The van der Waals surface area contributed by atoms with Crippen LogP contribution in [0, 0.1) is 11.8 Å². The van der Waals surface area contributed by atoms with E-state index in [1.807, 2.05) is 112 Å². The van der Waals surface area contributed by atoms with Gasteiger partial charge >= 0.3 is 0 Å². The van der Waals surface area contributed by atoms with Gasteiger partial charge in [0.15, 0.2) is 10.7 Å². The summed E-state index contributed by atoms with van der Waals surface area (Å²) in [4.78, 5) is 13.1. The first kappa shape index (κ1) is 29.6. The smallest absolute Gasteiger partial charge is 0.193 e. The molecule has 0 heterocycles.